The highest BCUT2D eigenvalue weighted by Crippen LogP contribution is 2.15. The lowest BCUT2D eigenvalue weighted by Crippen LogP contribution is -2.52. The lowest BCUT2D eigenvalue weighted by atomic mass is 10.1. The highest BCUT2D eigenvalue weighted by molar-refractivity contribution is 14.0. The van der Waals surface area contributed by atoms with Crippen molar-refractivity contribution in [3.05, 3.63) is 65.7 Å². The SMILES string of the molecule is CCNC(=NCc1ccc(C(N)=O)cc1)N1CCN(c2ccccc2)CC1.I. The maximum atomic E-state index is 11.2. The quantitative estimate of drug-likeness (QED) is 0.382. The number of nitrogens with zero attached hydrogens (tertiary/aromatic N) is 3. The number of aliphatic imine (C=N–C) groups is 1. The molecule has 1 saturated heterocycles. The van der Waals surface area contributed by atoms with E-state index in [9.17, 15) is 4.79 Å². The van der Waals surface area contributed by atoms with Gasteiger partial charge in [0, 0.05) is 44.0 Å². The molecule has 0 atom stereocenters. The van der Waals surface area contributed by atoms with Crippen molar-refractivity contribution in [3.8, 4) is 0 Å². The summed E-state index contributed by atoms with van der Waals surface area (Å²) in [4.78, 5) is 20.7. The first kappa shape index (κ1) is 22.0. The summed E-state index contributed by atoms with van der Waals surface area (Å²) >= 11 is 0. The normalized spacial score (nSPS) is 14.4. The predicted molar refractivity (Wildman–Crippen MR) is 125 cm³/mol. The molecular weight excluding hydrogens is 465 g/mol. The molecule has 1 aliphatic heterocycles. The Kier molecular flexibility index (Phi) is 8.56. The topological polar surface area (TPSA) is 74.0 Å². The standard InChI is InChI=1S/C21H27N5O.HI/c1-2-23-21(24-16-17-8-10-18(11-9-17)20(22)27)26-14-12-25(13-15-26)19-6-4-3-5-7-19;/h3-11H,2,12-16H2,1H3,(H2,22,27)(H,23,24);1H. The van der Waals surface area contributed by atoms with Crippen molar-refractivity contribution in [2.24, 2.45) is 10.7 Å². The number of hydrogen-bond acceptors (Lipinski definition) is 3. The third kappa shape index (κ3) is 5.85. The van der Waals surface area contributed by atoms with E-state index in [0.717, 1.165) is 44.2 Å². The number of benzene rings is 2. The molecular formula is C21H28IN5O. The number of primary amides is 1. The van der Waals surface area contributed by atoms with E-state index in [0.29, 0.717) is 12.1 Å². The molecule has 150 valence electrons. The predicted octanol–water partition coefficient (Wildman–Crippen LogP) is 2.69. The van der Waals surface area contributed by atoms with Crippen molar-refractivity contribution >= 4 is 41.5 Å². The van der Waals surface area contributed by atoms with E-state index < -0.39 is 5.91 Å². The zero-order chi connectivity index (χ0) is 19.1. The van der Waals surface area contributed by atoms with Crippen LogP contribution in [0.4, 0.5) is 5.69 Å². The van der Waals surface area contributed by atoms with Gasteiger partial charge in [-0.1, -0.05) is 30.3 Å². The summed E-state index contributed by atoms with van der Waals surface area (Å²) in [6.07, 6.45) is 0. The van der Waals surface area contributed by atoms with Crippen LogP contribution < -0.4 is 16.0 Å². The van der Waals surface area contributed by atoms with E-state index in [-0.39, 0.29) is 24.0 Å². The second-order valence-corrected chi connectivity index (χ2v) is 6.54. The van der Waals surface area contributed by atoms with Crippen LogP contribution in [0.15, 0.2) is 59.6 Å². The number of guanidine groups is 1. The summed E-state index contributed by atoms with van der Waals surface area (Å²) in [5.74, 6) is 0.527. The van der Waals surface area contributed by atoms with Crippen LogP contribution in [-0.2, 0) is 6.54 Å². The van der Waals surface area contributed by atoms with Crippen molar-refractivity contribution < 1.29 is 4.79 Å². The highest BCUT2D eigenvalue weighted by atomic mass is 127. The van der Waals surface area contributed by atoms with Crippen LogP contribution >= 0.6 is 24.0 Å². The molecule has 0 radical (unpaired) electrons. The fourth-order valence-corrected chi connectivity index (χ4v) is 3.18. The van der Waals surface area contributed by atoms with E-state index in [2.05, 4.69) is 46.3 Å². The molecule has 1 aliphatic rings. The van der Waals surface area contributed by atoms with Gasteiger partial charge in [-0.15, -0.1) is 24.0 Å². The monoisotopic (exact) mass is 493 g/mol. The van der Waals surface area contributed by atoms with E-state index in [4.69, 9.17) is 10.7 Å². The Morgan fingerprint density at radius 1 is 1.04 bits per heavy atom. The molecule has 0 saturated carbocycles. The third-order valence-corrected chi connectivity index (χ3v) is 4.69. The number of nitrogens with one attached hydrogen (secondary N) is 1. The number of amides is 1. The van der Waals surface area contributed by atoms with Crippen LogP contribution in [-0.4, -0.2) is 49.5 Å². The molecule has 1 amide bonds. The molecule has 2 aromatic carbocycles. The van der Waals surface area contributed by atoms with Gasteiger partial charge in [-0.25, -0.2) is 4.99 Å². The molecule has 3 N–H and O–H groups in total. The summed E-state index contributed by atoms with van der Waals surface area (Å²) in [6.45, 7) is 7.29. The maximum Gasteiger partial charge on any atom is 0.248 e. The number of anilines is 1. The molecule has 0 aliphatic carbocycles. The fraction of sp³-hybridized carbons (Fsp3) is 0.333. The summed E-state index contributed by atoms with van der Waals surface area (Å²) in [5, 5.41) is 3.39. The van der Waals surface area contributed by atoms with E-state index in [1.165, 1.54) is 5.69 Å². The summed E-state index contributed by atoms with van der Waals surface area (Å²) in [5.41, 5.74) is 8.14. The summed E-state index contributed by atoms with van der Waals surface area (Å²) in [7, 11) is 0. The van der Waals surface area contributed by atoms with Gasteiger partial charge in [0.25, 0.3) is 0 Å². The molecule has 0 bridgehead atoms. The number of hydrogen-bond donors (Lipinski definition) is 2. The smallest absolute Gasteiger partial charge is 0.248 e. The van der Waals surface area contributed by atoms with Gasteiger partial charge in [0.2, 0.25) is 5.91 Å². The number of halogens is 1. The van der Waals surface area contributed by atoms with Crippen LogP contribution in [0.3, 0.4) is 0 Å². The second kappa shape index (κ2) is 10.9. The van der Waals surface area contributed by atoms with Crippen LogP contribution in [0.2, 0.25) is 0 Å². The highest BCUT2D eigenvalue weighted by Gasteiger charge is 2.19. The molecule has 2 aromatic rings. The first-order chi connectivity index (χ1) is 13.2. The van der Waals surface area contributed by atoms with Crippen molar-refractivity contribution in [1.29, 1.82) is 0 Å². The average molecular weight is 493 g/mol. The van der Waals surface area contributed by atoms with Gasteiger partial charge in [0.1, 0.15) is 0 Å². The average Bonchev–Trinajstić information content (AvgIpc) is 2.72. The minimum absolute atomic E-state index is 0. The van der Waals surface area contributed by atoms with Gasteiger partial charge >= 0.3 is 0 Å². The van der Waals surface area contributed by atoms with Gasteiger partial charge in [-0.2, -0.15) is 0 Å². The number of nitrogens with two attached hydrogens (primary N) is 1. The number of rotatable bonds is 5. The van der Waals surface area contributed by atoms with E-state index in [1.54, 1.807) is 12.1 Å². The number of carbonyl (C=O) groups is 1. The van der Waals surface area contributed by atoms with Gasteiger partial charge in [-0.05, 0) is 36.8 Å². The number of carbonyl (C=O) groups excluding carboxylic acids is 1. The van der Waals surface area contributed by atoms with Crippen LogP contribution in [0.1, 0.15) is 22.8 Å². The summed E-state index contributed by atoms with van der Waals surface area (Å²) in [6, 6.07) is 17.8. The van der Waals surface area contributed by atoms with Gasteiger partial charge in [0.05, 0.1) is 6.54 Å². The molecule has 1 fully saturated rings. The third-order valence-electron chi connectivity index (χ3n) is 4.69. The molecule has 3 rings (SSSR count). The van der Waals surface area contributed by atoms with Gasteiger partial charge < -0.3 is 20.9 Å². The molecule has 0 unspecified atom stereocenters. The Hall–Kier alpha value is -2.29. The molecule has 7 heteroatoms. The van der Waals surface area contributed by atoms with E-state index in [1.807, 2.05) is 18.2 Å². The lowest BCUT2D eigenvalue weighted by Gasteiger charge is -2.37. The van der Waals surface area contributed by atoms with Gasteiger partial charge in [0.15, 0.2) is 5.96 Å². The molecule has 28 heavy (non-hydrogen) atoms. The lowest BCUT2D eigenvalue weighted by molar-refractivity contribution is 0.100. The van der Waals surface area contributed by atoms with Crippen molar-refractivity contribution in [2.45, 2.75) is 13.5 Å². The molecule has 1 heterocycles. The zero-order valence-electron chi connectivity index (χ0n) is 16.2. The minimum atomic E-state index is -0.408. The summed E-state index contributed by atoms with van der Waals surface area (Å²) < 4.78 is 0. The minimum Gasteiger partial charge on any atom is -0.368 e. The fourth-order valence-electron chi connectivity index (χ4n) is 3.18. The molecule has 0 spiro atoms. The Labute approximate surface area is 183 Å². The molecule has 0 aromatic heterocycles. The van der Waals surface area contributed by atoms with Crippen molar-refractivity contribution in [1.82, 2.24) is 10.2 Å². The Morgan fingerprint density at radius 2 is 1.68 bits per heavy atom. The zero-order valence-corrected chi connectivity index (χ0v) is 18.5. The van der Waals surface area contributed by atoms with Crippen LogP contribution in [0, 0.1) is 0 Å². The maximum absolute atomic E-state index is 11.2. The van der Waals surface area contributed by atoms with Crippen molar-refractivity contribution in [3.63, 3.8) is 0 Å². The first-order valence-electron chi connectivity index (χ1n) is 9.39. The Bertz CT molecular complexity index is 771. The second-order valence-electron chi connectivity index (χ2n) is 6.54. The Morgan fingerprint density at radius 3 is 2.25 bits per heavy atom. The number of piperazine rings is 1. The number of para-hydroxylation sites is 1. The van der Waals surface area contributed by atoms with Gasteiger partial charge in [-0.3, -0.25) is 4.79 Å². The molecule has 6 nitrogen and oxygen atoms in total. The largest absolute Gasteiger partial charge is 0.368 e. The van der Waals surface area contributed by atoms with E-state index >= 15 is 0 Å². The van der Waals surface area contributed by atoms with Crippen LogP contribution in [0.5, 0.6) is 0 Å². The Balaban J connectivity index is 0.00000280. The van der Waals surface area contributed by atoms with Crippen molar-refractivity contribution in [2.75, 3.05) is 37.6 Å². The van der Waals surface area contributed by atoms with Crippen LogP contribution in [0.25, 0.3) is 0 Å². The first-order valence-corrected chi connectivity index (χ1v) is 9.39.